The molecule has 3 heterocycles. The number of carboxylic acids is 1. The van der Waals surface area contributed by atoms with Crippen LogP contribution in [0.15, 0.2) is 36.4 Å². The van der Waals surface area contributed by atoms with Crippen LogP contribution in [-0.2, 0) is 19.1 Å². The lowest BCUT2D eigenvalue weighted by molar-refractivity contribution is -0.309. The standard InChI is InChI=1S/C23H21N3O8/c27-19(9-32-10-20(28)29)24-16-5-6-26-21(16)22(30)25-15-3-1-12(7-14(15)23(26)31)13-2-4-17-18(8-13)34-11-33-17/h1-4,7-8,16,21H,5-6,9-11H2,(H,24,27)(H,25,30)(H,28,29)/p-1/t16-,21-/m0/s1. The van der Waals surface area contributed by atoms with E-state index in [0.29, 0.717) is 29.2 Å². The molecule has 176 valence electrons. The number of carboxylic acid groups (broad SMARTS) is 1. The number of aliphatic carboxylic acids is 1. The Morgan fingerprint density at radius 2 is 1.85 bits per heavy atom. The van der Waals surface area contributed by atoms with Crippen molar-refractivity contribution >= 4 is 29.4 Å². The summed E-state index contributed by atoms with van der Waals surface area (Å²) in [5.41, 5.74) is 2.33. The van der Waals surface area contributed by atoms with Crippen molar-refractivity contribution in [1.82, 2.24) is 10.2 Å². The summed E-state index contributed by atoms with van der Waals surface area (Å²) < 4.78 is 15.5. The highest BCUT2D eigenvalue weighted by atomic mass is 16.7. The Labute approximate surface area is 193 Å². The van der Waals surface area contributed by atoms with Gasteiger partial charge in [0.1, 0.15) is 12.6 Å². The number of carbonyl (C=O) groups is 4. The van der Waals surface area contributed by atoms with Crippen LogP contribution in [0.2, 0.25) is 0 Å². The summed E-state index contributed by atoms with van der Waals surface area (Å²) in [7, 11) is 0. The summed E-state index contributed by atoms with van der Waals surface area (Å²) in [5.74, 6) is -1.49. The fraction of sp³-hybridized carbons (Fsp3) is 0.304. The van der Waals surface area contributed by atoms with E-state index in [1.54, 1.807) is 24.3 Å². The summed E-state index contributed by atoms with van der Waals surface area (Å²) in [5, 5.41) is 15.9. The van der Waals surface area contributed by atoms with Crippen LogP contribution in [0, 0.1) is 0 Å². The molecule has 0 spiro atoms. The van der Waals surface area contributed by atoms with E-state index < -0.39 is 43.1 Å². The minimum absolute atomic E-state index is 0.157. The molecule has 2 aromatic rings. The molecule has 3 aliphatic rings. The second-order valence-electron chi connectivity index (χ2n) is 8.09. The molecule has 0 bridgehead atoms. The molecule has 2 aromatic carbocycles. The zero-order valence-corrected chi connectivity index (χ0v) is 17.9. The molecule has 0 aromatic heterocycles. The van der Waals surface area contributed by atoms with Crippen molar-refractivity contribution in [3.8, 4) is 22.6 Å². The maximum absolute atomic E-state index is 13.4. The Bertz CT molecular complexity index is 1200. The maximum atomic E-state index is 13.4. The van der Waals surface area contributed by atoms with E-state index in [0.717, 1.165) is 11.1 Å². The van der Waals surface area contributed by atoms with Crippen molar-refractivity contribution in [2.24, 2.45) is 0 Å². The number of benzene rings is 2. The highest BCUT2D eigenvalue weighted by molar-refractivity contribution is 6.11. The molecule has 0 unspecified atom stereocenters. The van der Waals surface area contributed by atoms with Gasteiger partial charge in [0.15, 0.2) is 11.5 Å². The zero-order chi connectivity index (χ0) is 23.8. The number of nitrogens with zero attached hydrogens (tertiary/aromatic N) is 1. The van der Waals surface area contributed by atoms with E-state index in [1.165, 1.54) is 4.90 Å². The van der Waals surface area contributed by atoms with E-state index in [9.17, 15) is 24.3 Å². The van der Waals surface area contributed by atoms with Gasteiger partial charge in [-0.1, -0.05) is 12.1 Å². The predicted octanol–water partition coefficient (Wildman–Crippen LogP) is -0.500. The van der Waals surface area contributed by atoms with Gasteiger partial charge in [-0.15, -0.1) is 0 Å². The van der Waals surface area contributed by atoms with Crippen LogP contribution in [0.3, 0.4) is 0 Å². The van der Waals surface area contributed by atoms with Crippen LogP contribution in [0.25, 0.3) is 11.1 Å². The van der Waals surface area contributed by atoms with Gasteiger partial charge in [-0.3, -0.25) is 14.4 Å². The molecule has 11 heteroatoms. The lowest BCUT2D eigenvalue weighted by atomic mass is 10.0. The van der Waals surface area contributed by atoms with Gasteiger partial charge in [0.2, 0.25) is 18.6 Å². The molecule has 1 saturated heterocycles. The summed E-state index contributed by atoms with van der Waals surface area (Å²) in [6.45, 7) is -0.778. The minimum Gasteiger partial charge on any atom is -0.548 e. The van der Waals surface area contributed by atoms with Gasteiger partial charge in [-0.25, -0.2) is 0 Å². The van der Waals surface area contributed by atoms with Crippen LogP contribution in [-0.4, -0.2) is 67.2 Å². The average Bonchev–Trinajstić information content (AvgIpc) is 3.42. The van der Waals surface area contributed by atoms with Crippen LogP contribution in [0.5, 0.6) is 11.5 Å². The van der Waals surface area contributed by atoms with Crippen molar-refractivity contribution in [3.05, 3.63) is 42.0 Å². The van der Waals surface area contributed by atoms with Gasteiger partial charge in [0.05, 0.1) is 29.9 Å². The van der Waals surface area contributed by atoms with Gasteiger partial charge >= 0.3 is 0 Å². The molecule has 11 nitrogen and oxygen atoms in total. The van der Waals surface area contributed by atoms with Gasteiger partial charge in [0.25, 0.3) is 5.91 Å². The lowest BCUT2D eigenvalue weighted by Gasteiger charge is -2.25. The van der Waals surface area contributed by atoms with Crippen LogP contribution < -0.4 is 25.2 Å². The molecule has 3 amide bonds. The topological polar surface area (TPSA) is 146 Å². The smallest absolute Gasteiger partial charge is 0.256 e. The Balaban J connectivity index is 1.36. The molecule has 34 heavy (non-hydrogen) atoms. The van der Waals surface area contributed by atoms with Crippen LogP contribution in [0.4, 0.5) is 5.69 Å². The highest BCUT2D eigenvalue weighted by Crippen LogP contribution is 2.37. The molecule has 3 aliphatic heterocycles. The molecular formula is C23H20N3O8-. The van der Waals surface area contributed by atoms with Crippen molar-refractivity contribution in [3.63, 3.8) is 0 Å². The van der Waals surface area contributed by atoms with Gasteiger partial charge in [0, 0.05) is 6.54 Å². The molecule has 5 rings (SSSR count). The summed E-state index contributed by atoms with van der Waals surface area (Å²) in [4.78, 5) is 50.4. The third-order valence-corrected chi connectivity index (χ3v) is 5.94. The van der Waals surface area contributed by atoms with Crippen molar-refractivity contribution in [2.75, 3.05) is 31.9 Å². The first kappa shape index (κ1) is 21.7. The predicted molar refractivity (Wildman–Crippen MR) is 114 cm³/mol. The first-order valence-corrected chi connectivity index (χ1v) is 10.6. The van der Waals surface area contributed by atoms with E-state index in [4.69, 9.17) is 14.2 Å². The Morgan fingerprint density at radius 1 is 1.09 bits per heavy atom. The van der Waals surface area contributed by atoms with Crippen molar-refractivity contribution in [1.29, 1.82) is 0 Å². The lowest BCUT2D eigenvalue weighted by Crippen LogP contribution is -2.52. The number of fused-ring (bicyclic) bond motifs is 3. The summed E-state index contributed by atoms with van der Waals surface area (Å²) in [6, 6.07) is 9.15. The maximum Gasteiger partial charge on any atom is 0.256 e. The van der Waals surface area contributed by atoms with Crippen molar-refractivity contribution < 1.29 is 38.5 Å². The number of hydrogen-bond donors (Lipinski definition) is 2. The molecule has 1 fully saturated rings. The summed E-state index contributed by atoms with van der Waals surface area (Å²) in [6.07, 6.45) is 0.368. The molecule has 0 saturated carbocycles. The number of anilines is 1. The second kappa shape index (κ2) is 8.67. The number of amides is 3. The fourth-order valence-electron chi connectivity index (χ4n) is 4.42. The van der Waals surface area contributed by atoms with E-state index in [1.807, 2.05) is 12.1 Å². The number of nitrogens with one attached hydrogen (secondary N) is 2. The third-order valence-electron chi connectivity index (χ3n) is 5.94. The quantitative estimate of drug-likeness (QED) is 0.579. The van der Waals surface area contributed by atoms with Gasteiger partial charge in [-0.05, 0) is 41.8 Å². The Morgan fingerprint density at radius 3 is 2.68 bits per heavy atom. The number of carbonyl (C=O) groups excluding carboxylic acids is 4. The molecular weight excluding hydrogens is 446 g/mol. The first-order valence-electron chi connectivity index (χ1n) is 10.6. The van der Waals surface area contributed by atoms with Crippen LogP contribution >= 0.6 is 0 Å². The second-order valence-corrected chi connectivity index (χ2v) is 8.09. The van der Waals surface area contributed by atoms with Crippen LogP contribution in [0.1, 0.15) is 16.8 Å². The molecule has 2 N–H and O–H groups in total. The number of hydrogen-bond acceptors (Lipinski definition) is 8. The number of rotatable bonds is 6. The van der Waals surface area contributed by atoms with Gasteiger partial charge in [-0.2, -0.15) is 0 Å². The monoisotopic (exact) mass is 466 g/mol. The highest BCUT2D eigenvalue weighted by Gasteiger charge is 2.45. The minimum atomic E-state index is -1.44. The van der Waals surface area contributed by atoms with E-state index >= 15 is 0 Å². The van der Waals surface area contributed by atoms with Gasteiger partial charge < -0.3 is 39.6 Å². The Kier molecular flexibility index (Phi) is 5.54. The number of ether oxygens (including phenoxy) is 3. The van der Waals surface area contributed by atoms with Crippen molar-refractivity contribution in [2.45, 2.75) is 18.5 Å². The summed E-state index contributed by atoms with van der Waals surface area (Å²) >= 11 is 0. The largest absolute Gasteiger partial charge is 0.548 e. The SMILES string of the molecule is O=C([O-])COCC(=O)N[C@H]1CCN2C(=O)c3cc(-c4ccc5c(c4)OCO5)ccc3NC(=O)[C@H]12. The fourth-order valence-corrected chi connectivity index (χ4v) is 4.42. The normalized spacial score (nSPS) is 20.3. The van der Waals surface area contributed by atoms with E-state index in [-0.39, 0.29) is 19.2 Å². The first-order chi connectivity index (χ1) is 16.4. The zero-order valence-electron chi connectivity index (χ0n) is 17.9. The molecule has 2 atom stereocenters. The molecule has 0 radical (unpaired) electrons. The molecule has 0 aliphatic carbocycles. The average molecular weight is 466 g/mol. The Hall–Kier alpha value is -4.12. The third kappa shape index (κ3) is 4.01. The van der Waals surface area contributed by atoms with E-state index in [2.05, 4.69) is 10.6 Å².